The fourth-order valence-electron chi connectivity index (χ4n) is 0. The second-order valence-electron chi connectivity index (χ2n) is 0. The van der Waals surface area contributed by atoms with Crippen molar-refractivity contribution in [1.29, 1.82) is 0 Å². The van der Waals surface area contributed by atoms with Crippen LogP contribution >= 0.6 is 0 Å². The van der Waals surface area contributed by atoms with Crippen LogP contribution in [0.4, 0.5) is 0 Å². The largest absolute Gasteiger partial charge is 0.400 e. The minimum absolute atomic E-state index is 0. The Morgan fingerprint density at radius 3 is 0.500 bits per heavy atom. The maximum Gasteiger partial charge on any atom is 0.316 e. The predicted molar refractivity (Wildman–Crippen MR) is 41.1 cm³/mol. The zero-order valence-electron chi connectivity index (χ0n) is 6.29. The molecule has 0 aliphatic heterocycles. The van der Waals surface area contributed by atoms with Crippen LogP contribution < -0.4 is 0 Å². The zero-order chi connectivity index (χ0) is 8.00. The van der Waals surface area contributed by atoms with Crippen molar-refractivity contribution in [2.24, 2.45) is 0 Å². The molecule has 0 rings (SSSR count). The van der Waals surface area contributed by atoms with Gasteiger partial charge in [0.25, 0.3) is 0 Å². The van der Waals surface area contributed by atoms with Gasteiger partial charge in [-0.25, -0.2) is 0 Å². The molecule has 0 aromatic carbocycles. The minimum Gasteiger partial charge on any atom is -0.400 e. The fourth-order valence-corrected chi connectivity index (χ4v) is 0. The van der Waals surface area contributed by atoms with E-state index in [9.17, 15) is 0 Å². The molecule has 0 aliphatic carbocycles. The van der Waals surface area contributed by atoms with Gasteiger partial charge in [-0.3, -0.25) is 0 Å². The molecule has 64 valence electrons. The molecule has 0 fully saturated rings. The van der Waals surface area contributed by atoms with Crippen molar-refractivity contribution in [2.75, 3.05) is 28.4 Å². The monoisotopic (exact) mass is 202 g/mol. The maximum absolute atomic E-state index is 7.00. The molecule has 0 aliphatic rings. The molecule has 4 N–H and O–H groups in total. The van der Waals surface area contributed by atoms with Crippen molar-refractivity contribution in [3.8, 4) is 0 Å². The molecule has 10 heavy (non-hydrogen) atoms. The number of hydrogen-bond acceptors (Lipinski definition) is 4. The summed E-state index contributed by atoms with van der Waals surface area (Å²) >= 11 is 0. The van der Waals surface area contributed by atoms with Crippen LogP contribution in [0.1, 0.15) is 0 Å². The van der Waals surface area contributed by atoms with E-state index in [2.05, 4.69) is 0 Å². The summed E-state index contributed by atoms with van der Waals surface area (Å²) in [5.41, 5.74) is 0. The molecule has 0 saturated carbocycles. The summed E-state index contributed by atoms with van der Waals surface area (Å²) in [4.78, 5) is 0. The topological polar surface area (TPSA) is 80.9 Å². The minimum atomic E-state index is 0. The molecule has 0 saturated heterocycles. The van der Waals surface area contributed by atoms with Crippen molar-refractivity contribution in [3.05, 3.63) is 0 Å². The van der Waals surface area contributed by atoms with Crippen LogP contribution in [0.25, 0.3) is 0 Å². The number of rotatable bonds is 0. The van der Waals surface area contributed by atoms with E-state index in [1.807, 2.05) is 0 Å². The zero-order valence-corrected chi connectivity index (χ0v) is 7.85. The van der Waals surface area contributed by atoms with Gasteiger partial charge in [0.2, 0.25) is 0 Å². The summed E-state index contributed by atoms with van der Waals surface area (Å²) in [5.74, 6) is 0. The molecule has 0 spiro atoms. The number of aliphatic hydroxyl groups excluding tert-OH is 4. The van der Waals surface area contributed by atoms with Gasteiger partial charge in [0.1, 0.15) is 0 Å². The van der Waals surface area contributed by atoms with Crippen molar-refractivity contribution in [2.45, 2.75) is 0 Å². The molecule has 6 heteroatoms. The van der Waals surface area contributed by atoms with Gasteiger partial charge in [0.15, 0.2) is 0 Å². The van der Waals surface area contributed by atoms with Crippen molar-refractivity contribution in [3.63, 3.8) is 0 Å². The van der Waals surface area contributed by atoms with E-state index in [1.165, 1.54) is 0 Å². The van der Waals surface area contributed by atoms with Crippen LogP contribution in [0.3, 0.4) is 0 Å². The van der Waals surface area contributed by atoms with Crippen LogP contribution in [0.5, 0.6) is 0 Å². The molecule has 0 radical (unpaired) electrons. The summed E-state index contributed by atoms with van der Waals surface area (Å²) < 4.78 is 0. The molecule has 0 aromatic rings. The summed E-state index contributed by atoms with van der Waals surface area (Å²) in [6, 6.07) is 0. The van der Waals surface area contributed by atoms with Gasteiger partial charge in [0.05, 0.1) is 0 Å². The van der Waals surface area contributed by atoms with Crippen molar-refractivity contribution in [1.82, 2.24) is 0 Å². The molecule has 4 nitrogen and oxygen atoms in total. The van der Waals surface area contributed by atoms with E-state index in [0.717, 1.165) is 28.4 Å². The van der Waals surface area contributed by atoms with Gasteiger partial charge in [-0.2, -0.15) is 0 Å². The van der Waals surface area contributed by atoms with Gasteiger partial charge in [0, 0.05) is 50.2 Å². The first kappa shape index (κ1) is 42.6. The third-order valence-electron chi connectivity index (χ3n) is 0. The summed E-state index contributed by atoms with van der Waals surface area (Å²) in [6.07, 6.45) is 0. The quantitative estimate of drug-likeness (QED) is 0.328. The second kappa shape index (κ2) is 514. The Morgan fingerprint density at radius 2 is 0.500 bits per heavy atom. The Hall–Kier alpha value is 1.32. The van der Waals surface area contributed by atoms with Gasteiger partial charge in [-0.15, -0.1) is 0 Å². The molecule has 0 aromatic heterocycles. The van der Waals surface area contributed by atoms with E-state index < -0.39 is 0 Å². The Morgan fingerprint density at radius 1 is 0.500 bits per heavy atom. The van der Waals surface area contributed by atoms with Crippen LogP contribution in [-0.4, -0.2) is 71.9 Å². The van der Waals surface area contributed by atoms with Crippen LogP contribution in [-0.2, 0) is 21.7 Å². The molecule has 0 atom stereocenters. The Balaban J connectivity index is -0.00000000500. The standard InChI is InChI=1S/4CH4O.Mg.Ti.2H/c4*1-2;;;;/h4*2H,1H3;;;;. The van der Waals surface area contributed by atoms with Gasteiger partial charge >= 0.3 is 23.1 Å². The van der Waals surface area contributed by atoms with E-state index >= 15 is 0 Å². The normalized spacial score (nSPS) is 2.40. The maximum atomic E-state index is 7.00. The molecule has 0 bridgehead atoms. The van der Waals surface area contributed by atoms with Crippen molar-refractivity contribution < 1.29 is 42.1 Å². The Labute approximate surface area is 93.3 Å². The van der Waals surface area contributed by atoms with Gasteiger partial charge in [-0.05, 0) is 0 Å². The number of hydrogen-bond donors (Lipinski definition) is 4. The SMILES string of the molecule is CO.CO.CO.CO.[MgH2].[Ti]. The van der Waals surface area contributed by atoms with Crippen LogP contribution in [0, 0.1) is 0 Å². The molecule has 0 heterocycles. The molecular weight excluding hydrogens is 184 g/mol. The first-order valence-corrected chi connectivity index (χ1v) is 1.79. The number of aliphatic hydroxyl groups is 4. The van der Waals surface area contributed by atoms with E-state index in [-0.39, 0.29) is 44.8 Å². The fraction of sp³-hybridized carbons (Fsp3) is 1.00. The second-order valence-corrected chi connectivity index (χ2v) is 0. The average Bonchev–Trinajstić information content (AvgIpc) is 2.03. The van der Waals surface area contributed by atoms with Gasteiger partial charge < -0.3 is 20.4 Å². The van der Waals surface area contributed by atoms with Gasteiger partial charge in [-0.1, -0.05) is 0 Å². The predicted octanol–water partition coefficient (Wildman–Crippen LogP) is -2.48. The third-order valence-corrected chi connectivity index (χ3v) is 0. The Kier molecular flexibility index (Phi) is 2190. The van der Waals surface area contributed by atoms with E-state index in [4.69, 9.17) is 20.4 Å². The Bertz CT molecular complexity index is 17.2. The van der Waals surface area contributed by atoms with E-state index in [1.54, 1.807) is 0 Å². The third kappa shape index (κ3) is 370. The molecular formula is C4H18MgO4Ti. The van der Waals surface area contributed by atoms with E-state index in [0.29, 0.717) is 0 Å². The average molecular weight is 202 g/mol. The summed E-state index contributed by atoms with van der Waals surface area (Å²) in [6.45, 7) is 0. The van der Waals surface area contributed by atoms with Crippen molar-refractivity contribution >= 4 is 23.1 Å². The smallest absolute Gasteiger partial charge is 0.316 e. The molecule has 0 unspecified atom stereocenters. The summed E-state index contributed by atoms with van der Waals surface area (Å²) in [7, 11) is 4.00. The van der Waals surface area contributed by atoms with Crippen LogP contribution in [0.2, 0.25) is 0 Å². The summed E-state index contributed by atoms with van der Waals surface area (Å²) in [5, 5.41) is 28.0. The first-order valence-electron chi connectivity index (χ1n) is 1.79. The first-order chi connectivity index (χ1) is 4.00. The molecule has 0 amide bonds. The van der Waals surface area contributed by atoms with Crippen LogP contribution in [0.15, 0.2) is 0 Å².